The van der Waals surface area contributed by atoms with Crippen molar-refractivity contribution in [2.75, 3.05) is 7.11 Å². The average Bonchev–Trinajstić information content (AvgIpc) is 2.78. The van der Waals surface area contributed by atoms with Crippen molar-refractivity contribution in [2.45, 2.75) is 33.2 Å². The molecule has 0 fully saturated rings. The van der Waals surface area contributed by atoms with Crippen molar-refractivity contribution in [3.63, 3.8) is 0 Å². The molecule has 0 aliphatic heterocycles. The summed E-state index contributed by atoms with van der Waals surface area (Å²) in [4.78, 5) is 5.78. The molecule has 0 aliphatic rings. The van der Waals surface area contributed by atoms with Crippen LogP contribution in [0.25, 0.3) is 0 Å². The van der Waals surface area contributed by atoms with E-state index >= 15 is 0 Å². The first kappa shape index (κ1) is 13.9. The predicted octanol–water partition coefficient (Wildman–Crippen LogP) is 3.90. The van der Waals surface area contributed by atoms with Gasteiger partial charge in [-0.1, -0.05) is 25.5 Å². The largest absolute Gasteiger partial charge is 0.494 e. The van der Waals surface area contributed by atoms with Gasteiger partial charge >= 0.3 is 0 Å². The molecular formula is C15H20N2OS. The molecule has 1 heterocycles. The van der Waals surface area contributed by atoms with Crippen LogP contribution in [0.5, 0.6) is 5.75 Å². The molecule has 2 aromatic rings. The number of rotatable bonds is 5. The molecule has 0 N–H and O–H groups in total. The van der Waals surface area contributed by atoms with Crippen molar-refractivity contribution in [1.82, 2.24) is 4.57 Å². The fraction of sp³-hybridized carbons (Fsp3) is 0.400. The summed E-state index contributed by atoms with van der Waals surface area (Å²) in [7, 11) is 1.68. The lowest BCUT2D eigenvalue weighted by Crippen LogP contribution is -2.16. The molecule has 0 bridgehead atoms. The van der Waals surface area contributed by atoms with Crippen LogP contribution in [0.4, 0.5) is 5.69 Å². The van der Waals surface area contributed by atoms with Crippen LogP contribution in [-0.2, 0) is 6.54 Å². The Kier molecular flexibility index (Phi) is 4.80. The average molecular weight is 276 g/mol. The minimum absolute atomic E-state index is 0.815. The van der Waals surface area contributed by atoms with E-state index in [1.807, 2.05) is 24.3 Å². The number of nitrogens with zero attached hydrogens (tertiary/aromatic N) is 2. The Morgan fingerprint density at radius 3 is 2.84 bits per heavy atom. The van der Waals surface area contributed by atoms with Gasteiger partial charge in [-0.25, -0.2) is 4.99 Å². The molecular weight excluding hydrogens is 256 g/mol. The normalized spacial score (nSPS) is 11.8. The SMILES string of the molecule is CCCCn1c(C)csc1=Nc1ccccc1OC. The third-order valence-electron chi connectivity index (χ3n) is 3.03. The van der Waals surface area contributed by atoms with Gasteiger partial charge in [0, 0.05) is 17.6 Å². The Morgan fingerprint density at radius 1 is 1.32 bits per heavy atom. The standard InChI is InChI=1S/C15H20N2OS/c1-4-5-10-17-12(2)11-19-15(17)16-13-8-6-7-9-14(13)18-3/h6-9,11H,4-5,10H2,1-3H3. The summed E-state index contributed by atoms with van der Waals surface area (Å²) in [5.74, 6) is 0.815. The van der Waals surface area contributed by atoms with E-state index in [-0.39, 0.29) is 0 Å². The highest BCUT2D eigenvalue weighted by Gasteiger charge is 2.03. The number of thiazole rings is 1. The number of benzene rings is 1. The van der Waals surface area contributed by atoms with Gasteiger partial charge in [-0.15, -0.1) is 11.3 Å². The van der Waals surface area contributed by atoms with Gasteiger partial charge in [0.25, 0.3) is 0 Å². The molecule has 19 heavy (non-hydrogen) atoms. The number of methoxy groups -OCH3 is 1. The molecule has 0 radical (unpaired) electrons. The Labute approximate surface area is 118 Å². The first-order chi connectivity index (χ1) is 9.26. The minimum atomic E-state index is 0.815. The summed E-state index contributed by atoms with van der Waals surface area (Å²) >= 11 is 1.68. The van der Waals surface area contributed by atoms with E-state index in [4.69, 9.17) is 9.73 Å². The van der Waals surface area contributed by atoms with Crippen molar-refractivity contribution in [3.05, 3.63) is 40.1 Å². The topological polar surface area (TPSA) is 26.5 Å². The summed E-state index contributed by atoms with van der Waals surface area (Å²) < 4.78 is 7.63. The number of ether oxygens (including phenoxy) is 1. The minimum Gasteiger partial charge on any atom is -0.494 e. The first-order valence-corrected chi connectivity index (χ1v) is 7.47. The van der Waals surface area contributed by atoms with E-state index in [9.17, 15) is 0 Å². The number of hydrogen-bond acceptors (Lipinski definition) is 3. The molecule has 0 aliphatic carbocycles. The molecule has 0 amide bonds. The Bertz CT molecular complexity index is 598. The smallest absolute Gasteiger partial charge is 0.190 e. The van der Waals surface area contributed by atoms with E-state index < -0.39 is 0 Å². The van der Waals surface area contributed by atoms with Crippen LogP contribution >= 0.6 is 11.3 Å². The molecule has 0 saturated heterocycles. The highest BCUT2D eigenvalue weighted by atomic mass is 32.1. The number of para-hydroxylation sites is 2. The highest BCUT2D eigenvalue weighted by molar-refractivity contribution is 7.07. The zero-order chi connectivity index (χ0) is 13.7. The van der Waals surface area contributed by atoms with Crippen LogP contribution < -0.4 is 9.54 Å². The predicted molar refractivity (Wildman–Crippen MR) is 80.2 cm³/mol. The van der Waals surface area contributed by atoms with Crippen LogP contribution in [0.2, 0.25) is 0 Å². The lowest BCUT2D eigenvalue weighted by atomic mass is 10.3. The van der Waals surface area contributed by atoms with Gasteiger partial charge in [-0.05, 0) is 25.5 Å². The summed E-state index contributed by atoms with van der Waals surface area (Å²) in [6.07, 6.45) is 2.37. The monoisotopic (exact) mass is 276 g/mol. The molecule has 0 unspecified atom stereocenters. The van der Waals surface area contributed by atoms with Gasteiger partial charge in [0.05, 0.1) is 7.11 Å². The summed E-state index contributed by atoms with van der Waals surface area (Å²) in [6, 6.07) is 7.87. The molecule has 0 saturated carbocycles. The van der Waals surface area contributed by atoms with Crippen molar-refractivity contribution >= 4 is 17.0 Å². The van der Waals surface area contributed by atoms with E-state index in [0.29, 0.717) is 0 Å². The molecule has 3 nitrogen and oxygen atoms in total. The zero-order valence-electron chi connectivity index (χ0n) is 11.7. The molecule has 102 valence electrons. The van der Waals surface area contributed by atoms with Crippen molar-refractivity contribution < 1.29 is 4.74 Å². The maximum Gasteiger partial charge on any atom is 0.190 e. The highest BCUT2D eigenvalue weighted by Crippen LogP contribution is 2.25. The molecule has 0 atom stereocenters. The summed E-state index contributed by atoms with van der Waals surface area (Å²) in [6.45, 7) is 5.37. The maximum atomic E-state index is 5.35. The van der Waals surface area contributed by atoms with Crippen LogP contribution in [0.1, 0.15) is 25.5 Å². The third-order valence-corrected chi connectivity index (χ3v) is 4.01. The second kappa shape index (κ2) is 6.57. The molecule has 4 heteroatoms. The second-order valence-electron chi connectivity index (χ2n) is 4.45. The van der Waals surface area contributed by atoms with Gasteiger partial charge in [0.1, 0.15) is 11.4 Å². The van der Waals surface area contributed by atoms with E-state index in [1.54, 1.807) is 18.4 Å². The number of unbranched alkanes of at least 4 members (excludes halogenated alkanes) is 1. The van der Waals surface area contributed by atoms with Crippen LogP contribution in [0.3, 0.4) is 0 Å². The molecule has 0 spiro atoms. The van der Waals surface area contributed by atoms with Gasteiger partial charge in [0.2, 0.25) is 0 Å². The van der Waals surface area contributed by atoms with Gasteiger partial charge in [-0.2, -0.15) is 0 Å². The third kappa shape index (κ3) is 3.26. The van der Waals surface area contributed by atoms with Crippen LogP contribution in [0.15, 0.2) is 34.6 Å². The molecule has 2 rings (SSSR count). The lowest BCUT2D eigenvalue weighted by molar-refractivity contribution is 0.416. The zero-order valence-corrected chi connectivity index (χ0v) is 12.5. The Morgan fingerprint density at radius 2 is 2.11 bits per heavy atom. The molecule has 1 aromatic heterocycles. The fourth-order valence-electron chi connectivity index (χ4n) is 1.92. The quantitative estimate of drug-likeness (QED) is 0.813. The van der Waals surface area contributed by atoms with Crippen LogP contribution in [0, 0.1) is 6.92 Å². The second-order valence-corrected chi connectivity index (χ2v) is 5.29. The van der Waals surface area contributed by atoms with Gasteiger partial charge in [-0.3, -0.25) is 0 Å². The Balaban J connectivity index is 2.43. The number of hydrogen-bond donors (Lipinski definition) is 0. The van der Waals surface area contributed by atoms with Crippen molar-refractivity contribution in [3.8, 4) is 5.75 Å². The van der Waals surface area contributed by atoms with Crippen molar-refractivity contribution in [1.29, 1.82) is 0 Å². The first-order valence-electron chi connectivity index (χ1n) is 6.59. The fourth-order valence-corrected chi connectivity index (χ4v) is 2.83. The summed E-state index contributed by atoms with van der Waals surface area (Å²) in [5.41, 5.74) is 2.16. The van der Waals surface area contributed by atoms with Gasteiger partial charge < -0.3 is 9.30 Å². The van der Waals surface area contributed by atoms with E-state index in [0.717, 1.165) is 22.8 Å². The number of aromatic nitrogens is 1. The molecule has 1 aromatic carbocycles. The van der Waals surface area contributed by atoms with E-state index in [1.165, 1.54) is 18.5 Å². The maximum absolute atomic E-state index is 5.35. The van der Waals surface area contributed by atoms with Gasteiger partial charge in [0.15, 0.2) is 4.80 Å². The number of aryl methyl sites for hydroxylation is 1. The summed E-state index contributed by atoms with van der Waals surface area (Å²) in [5, 5.41) is 2.16. The van der Waals surface area contributed by atoms with E-state index in [2.05, 4.69) is 23.8 Å². The van der Waals surface area contributed by atoms with Crippen LogP contribution in [-0.4, -0.2) is 11.7 Å². The van der Waals surface area contributed by atoms with Crippen molar-refractivity contribution in [2.24, 2.45) is 4.99 Å². The lowest BCUT2D eigenvalue weighted by Gasteiger charge is -2.06. The Hall–Kier alpha value is -1.55.